The highest BCUT2D eigenvalue weighted by Crippen LogP contribution is 2.40. The summed E-state index contributed by atoms with van der Waals surface area (Å²) in [6.45, 7) is 0. The number of alkyl halides is 3. The molecular formula is C15H12F3NO. The first-order valence-electron chi connectivity index (χ1n) is 5.87. The zero-order valence-electron chi connectivity index (χ0n) is 10.4. The van der Waals surface area contributed by atoms with Gasteiger partial charge >= 0.3 is 6.18 Å². The minimum absolute atomic E-state index is 0.320. The van der Waals surface area contributed by atoms with Crippen LogP contribution in [0.3, 0.4) is 0 Å². The van der Waals surface area contributed by atoms with Crippen molar-refractivity contribution in [2.24, 2.45) is 0 Å². The van der Waals surface area contributed by atoms with Crippen molar-refractivity contribution >= 4 is 6.08 Å². The second-order valence-electron chi connectivity index (χ2n) is 4.25. The number of rotatable bonds is 3. The molecule has 0 saturated heterocycles. The Morgan fingerprint density at radius 1 is 1.00 bits per heavy atom. The fourth-order valence-corrected chi connectivity index (χ4v) is 1.72. The Balaban J connectivity index is 2.42. The molecule has 0 aliphatic heterocycles. The SMILES string of the molecule is OC(C=Cc1ccccc1)(c1cccnc1)C(F)(F)F. The molecule has 0 spiro atoms. The van der Waals surface area contributed by atoms with E-state index in [0.29, 0.717) is 5.56 Å². The zero-order valence-corrected chi connectivity index (χ0v) is 10.4. The fourth-order valence-electron chi connectivity index (χ4n) is 1.72. The summed E-state index contributed by atoms with van der Waals surface area (Å²) in [5.74, 6) is 0. The normalized spacial score (nSPS) is 15.2. The molecule has 1 unspecified atom stereocenters. The Hall–Kier alpha value is -2.14. The highest BCUT2D eigenvalue weighted by molar-refractivity contribution is 5.51. The van der Waals surface area contributed by atoms with E-state index in [0.717, 1.165) is 12.3 Å². The lowest BCUT2D eigenvalue weighted by Gasteiger charge is -2.27. The number of benzene rings is 1. The highest BCUT2D eigenvalue weighted by Gasteiger charge is 2.53. The van der Waals surface area contributed by atoms with Gasteiger partial charge in [0, 0.05) is 18.0 Å². The zero-order chi connectivity index (χ0) is 14.6. The van der Waals surface area contributed by atoms with Crippen molar-refractivity contribution in [2.75, 3.05) is 0 Å². The van der Waals surface area contributed by atoms with Crippen LogP contribution in [0.2, 0.25) is 0 Å². The number of hydrogen-bond acceptors (Lipinski definition) is 2. The van der Waals surface area contributed by atoms with Gasteiger partial charge in [-0.3, -0.25) is 4.98 Å². The molecule has 0 amide bonds. The first-order chi connectivity index (χ1) is 9.43. The first-order valence-corrected chi connectivity index (χ1v) is 5.87. The van der Waals surface area contributed by atoms with Gasteiger partial charge in [0.05, 0.1) is 0 Å². The minimum Gasteiger partial charge on any atom is -0.373 e. The summed E-state index contributed by atoms with van der Waals surface area (Å²) in [4.78, 5) is 3.63. The van der Waals surface area contributed by atoms with Crippen LogP contribution >= 0.6 is 0 Å². The molecule has 0 fully saturated rings. The number of halogens is 3. The van der Waals surface area contributed by atoms with E-state index in [1.54, 1.807) is 30.3 Å². The van der Waals surface area contributed by atoms with Crippen molar-refractivity contribution in [3.05, 3.63) is 72.1 Å². The van der Waals surface area contributed by atoms with Gasteiger partial charge in [0.15, 0.2) is 0 Å². The molecule has 2 nitrogen and oxygen atoms in total. The predicted molar refractivity (Wildman–Crippen MR) is 69.7 cm³/mol. The molecule has 0 aliphatic carbocycles. The van der Waals surface area contributed by atoms with Crippen LogP contribution in [0.15, 0.2) is 60.9 Å². The van der Waals surface area contributed by atoms with Crippen LogP contribution in [-0.2, 0) is 5.60 Å². The van der Waals surface area contributed by atoms with Crippen LogP contribution < -0.4 is 0 Å². The molecule has 1 N–H and O–H groups in total. The Morgan fingerprint density at radius 3 is 2.25 bits per heavy atom. The summed E-state index contributed by atoms with van der Waals surface area (Å²) in [7, 11) is 0. The molecule has 1 aromatic carbocycles. The van der Waals surface area contributed by atoms with Crippen LogP contribution in [0.1, 0.15) is 11.1 Å². The average Bonchev–Trinajstić information content (AvgIpc) is 2.45. The van der Waals surface area contributed by atoms with Gasteiger partial charge in [-0.05, 0) is 17.7 Å². The van der Waals surface area contributed by atoms with E-state index in [1.807, 2.05) is 0 Å². The number of aromatic nitrogens is 1. The Kier molecular flexibility index (Phi) is 3.90. The number of nitrogens with zero attached hydrogens (tertiary/aromatic N) is 1. The third kappa shape index (κ3) is 2.88. The summed E-state index contributed by atoms with van der Waals surface area (Å²) >= 11 is 0. The Labute approximate surface area is 114 Å². The van der Waals surface area contributed by atoms with E-state index >= 15 is 0 Å². The fraction of sp³-hybridized carbons (Fsp3) is 0.133. The number of pyridine rings is 1. The lowest BCUT2D eigenvalue weighted by Crippen LogP contribution is -2.40. The van der Waals surface area contributed by atoms with Crippen molar-refractivity contribution in [2.45, 2.75) is 11.8 Å². The second-order valence-corrected chi connectivity index (χ2v) is 4.25. The van der Waals surface area contributed by atoms with Gasteiger partial charge in [0.25, 0.3) is 0 Å². The number of hydrogen-bond donors (Lipinski definition) is 1. The van der Waals surface area contributed by atoms with E-state index < -0.39 is 11.8 Å². The van der Waals surface area contributed by atoms with Crippen molar-refractivity contribution in [3.8, 4) is 0 Å². The Morgan fingerprint density at radius 2 is 1.70 bits per heavy atom. The molecule has 0 radical (unpaired) electrons. The third-order valence-electron chi connectivity index (χ3n) is 2.85. The quantitative estimate of drug-likeness (QED) is 0.932. The third-order valence-corrected chi connectivity index (χ3v) is 2.85. The predicted octanol–water partition coefficient (Wildman–Crippen LogP) is 3.54. The van der Waals surface area contributed by atoms with Gasteiger partial charge in [-0.15, -0.1) is 0 Å². The standard InChI is InChI=1S/C15H12F3NO/c16-15(17,18)14(20,13-7-4-10-19-11-13)9-8-12-5-2-1-3-6-12/h1-11,20H. The topological polar surface area (TPSA) is 33.1 Å². The molecule has 0 bridgehead atoms. The van der Waals surface area contributed by atoms with Gasteiger partial charge in [0.2, 0.25) is 5.60 Å². The van der Waals surface area contributed by atoms with Crippen LogP contribution in [0.25, 0.3) is 6.08 Å². The summed E-state index contributed by atoms with van der Waals surface area (Å²) in [6.07, 6.45) is -0.509. The van der Waals surface area contributed by atoms with Gasteiger partial charge in [-0.25, -0.2) is 0 Å². The maximum Gasteiger partial charge on any atom is 0.425 e. The highest BCUT2D eigenvalue weighted by atomic mass is 19.4. The van der Waals surface area contributed by atoms with E-state index in [1.165, 1.54) is 24.4 Å². The van der Waals surface area contributed by atoms with Crippen LogP contribution in [-0.4, -0.2) is 16.3 Å². The van der Waals surface area contributed by atoms with Crippen molar-refractivity contribution in [1.82, 2.24) is 4.98 Å². The molecule has 1 atom stereocenters. The summed E-state index contributed by atoms with van der Waals surface area (Å²) in [6, 6.07) is 11.0. The molecule has 0 aliphatic rings. The van der Waals surface area contributed by atoms with Gasteiger partial charge < -0.3 is 5.11 Å². The first kappa shape index (κ1) is 14.3. The lowest BCUT2D eigenvalue weighted by atomic mass is 9.93. The molecule has 0 saturated carbocycles. The molecule has 2 aromatic rings. The van der Waals surface area contributed by atoms with Gasteiger partial charge in [0.1, 0.15) is 0 Å². The summed E-state index contributed by atoms with van der Waals surface area (Å²) < 4.78 is 39.5. The van der Waals surface area contributed by atoms with Crippen LogP contribution in [0.5, 0.6) is 0 Å². The maximum absolute atomic E-state index is 13.2. The smallest absolute Gasteiger partial charge is 0.373 e. The molecule has 104 valence electrons. The van der Waals surface area contributed by atoms with Gasteiger partial charge in [-0.2, -0.15) is 13.2 Å². The van der Waals surface area contributed by atoms with E-state index in [2.05, 4.69) is 4.98 Å². The second kappa shape index (κ2) is 5.46. The molecule has 5 heteroatoms. The minimum atomic E-state index is -4.83. The molecule has 20 heavy (non-hydrogen) atoms. The van der Waals surface area contributed by atoms with Crippen LogP contribution in [0, 0.1) is 0 Å². The average molecular weight is 279 g/mol. The monoisotopic (exact) mass is 279 g/mol. The Bertz CT molecular complexity index is 581. The van der Waals surface area contributed by atoms with Crippen molar-refractivity contribution in [3.63, 3.8) is 0 Å². The lowest BCUT2D eigenvalue weighted by molar-refractivity contribution is -0.245. The van der Waals surface area contributed by atoms with E-state index in [9.17, 15) is 18.3 Å². The van der Waals surface area contributed by atoms with E-state index in [-0.39, 0.29) is 5.56 Å². The van der Waals surface area contributed by atoms with Crippen LogP contribution in [0.4, 0.5) is 13.2 Å². The molecule has 1 aromatic heterocycles. The maximum atomic E-state index is 13.2. The largest absolute Gasteiger partial charge is 0.425 e. The van der Waals surface area contributed by atoms with Gasteiger partial charge in [-0.1, -0.05) is 42.5 Å². The summed E-state index contributed by atoms with van der Waals surface area (Å²) in [5.41, 5.74) is -2.81. The molecular weight excluding hydrogens is 267 g/mol. The van der Waals surface area contributed by atoms with Crippen molar-refractivity contribution < 1.29 is 18.3 Å². The van der Waals surface area contributed by atoms with Crippen molar-refractivity contribution in [1.29, 1.82) is 0 Å². The molecule has 1 heterocycles. The molecule has 2 rings (SSSR count). The van der Waals surface area contributed by atoms with E-state index in [4.69, 9.17) is 0 Å². The summed E-state index contributed by atoms with van der Waals surface area (Å²) in [5, 5.41) is 10.0. The number of aliphatic hydroxyl groups is 1.